The highest BCUT2D eigenvalue weighted by molar-refractivity contribution is 5.09. The molecule has 1 unspecified atom stereocenters. The van der Waals surface area contributed by atoms with Crippen LogP contribution in [-0.2, 0) is 6.54 Å². The second-order valence-corrected chi connectivity index (χ2v) is 4.91. The van der Waals surface area contributed by atoms with E-state index in [9.17, 15) is 0 Å². The molecule has 1 fully saturated rings. The fourth-order valence-electron chi connectivity index (χ4n) is 2.74. The fourth-order valence-corrected chi connectivity index (χ4v) is 2.74. The molecule has 0 amide bonds. The zero-order chi connectivity index (χ0) is 10.3. The van der Waals surface area contributed by atoms with E-state index in [1.54, 1.807) is 0 Å². The van der Waals surface area contributed by atoms with Gasteiger partial charge in [-0.25, -0.2) is 4.98 Å². The molecular formula is C12H19N3. The van der Waals surface area contributed by atoms with Crippen LogP contribution in [0.3, 0.4) is 0 Å². The van der Waals surface area contributed by atoms with E-state index >= 15 is 0 Å². The normalized spacial score (nSPS) is 26.9. The second-order valence-electron chi connectivity index (χ2n) is 4.91. The van der Waals surface area contributed by atoms with Crippen molar-refractivity contribution in [2.24, 2.45) is 5.92 Å². The van der Waals surface area contributed by atoms with Gasteiger partial charge in [0.2, 0.25) is 0 Å². The predicted octanol–water partition coefficient (Wildman–Crippen LogP) is 2.03. The summed E-state index contributed by atoms with van der Waals surface area (Å²) in [5, 5.41) is 3.67. The molecule has 1 aliphatic carbocycles. The predicted molar refractivity (Wildman–Crippen MR) is 59.7 cm³/mol. The Balaban J connectivity index is 1.93. The molecule has 0 aromatic carbocycles. The molecule has 2 aliphatic rings. The average molecular weight is 205 g/mol. The molecule has 0 spiro atoms. The first-order valence-electron chi connectivity index (χ1n) is 6.11. The van der Waals surface area contributed by atoms with Crippen molar-refractivity contribution in [3.63, 3.8) is 0 Å². The van der Waals surface area contributed by atoms with Gasteiger partial charge in [0, 0.05) is 12.7 Å². The maximum absolute atomic E-state index is 4.70. The van der Waals surface area contributed by atoms with Gasteiger partial charge in [-0.3, -0.25) is 0 Å². The Bertz CT molecular complexity index is 352. The van der Waals surface area contributed by atoms with E-state index in [1.165, 1.54) is 31.5 Å². The summed E-state index contributed by atoms with van der Waals surface area (Å²) in [5.74, 6) is 2.12. The van der Waals surface area contributed by atoms with Crippen LogP contribution in [-0.4, -0.2) is 16.1 Å². The molecule has 1 atom stereocenters. The summed E-state index contributed by atoms with van der Waals surface area (Å²) >= 11 is 0. The number of hydrogen-bond donors (Lipinski definition) is 1. The molecular weight excluding hydrogens is 186 g/mol. The van der Waals surface area contributed by atoms with E-state index < -0.39 is 0 Å². The summed E-state index contributed by atoms with van der Waals surface area (Å²) in [7, 11) is 0. The first-order chi connectivity index (χ1) is 7.34. The molecule has 1 N–H and O–H groups in total. The second kappa shape index (κ2) is 3.63. The first kappa shape index (κ1) is 9.40. The maximum Gasteiger partial charge on any atom is 0.126 e. The Labute approximate surface area is 90.9 Å². The van der Waals surface area contributed by atoms with Crippen LogP contribution in [0.2, 0.25) is 0 Å². The number of aromatic nitrogens is 2. The fraction of sp³-hybridized carbons (Fsp3) is 0.750. The van der Waals surface area contributed by atoms with E-state index in [2.05, 4.69) is 23.0 Å². The van der Waals surface area contributed by atoms with Crippen molar-refractivity contribution in [1.29, 1.82) is 0 Å². The summed E-state index contributed by atoms with van der Waals surface area (Å²) in [6, 6.07) is 0.523. The summed E-state index contributed by atoms with van der Waals surface area (Å²) in [6.07, 6.45) is 7.59. The zero-order valence-electron chi connectivity index (χ0n) is 9.37. The molecule has 3 rings (SSSR count). The van der Waals surface area contributed by atoms with Crippen molar-refractivity contribution in [3.05, 3.63) is 17.7 Å². The van der Waals surface area contributed by atoms with Crippen LogP contribution in [0.25, 0.3) is 0 Å². The minimum atomic E-state index is 0.523. The summed E-state index contributed by atoms with van der Waals surface area (Å²) in [5.41, 5.74) is 1.16. The van der Waals surface area contributed by atoms with E-state index in [1.807, 2.05) is 0 Å². The van der Waals surface area contributed by atoms with Crippen LogP contribution in [0.4, 0.5) is 0 Å². The number of fused-ring (bicyclic) bond motifs is 1. The number of rotatable bonds is 1. The van der Waals surface area contributed by atoms with Crippen LogP contribution in [0.1, 0.15) is 43.2 Å². The van der Waals surface area contributed by atoms with Gasteiger partial charge in [0.05, 0.1) is 11.7 Å². The zero-order valence-corrected chi connectivity index (χ0v) is 9.37. The maximum atomic E-state index is 4.70. The van der Waals surface area contributed by atoms with Gasteiger partial charge in [-0.05, 0) is 38.6 Å². The van der Waals surface area contributed by atoms with Gasteiger partial charge in [0.1, 0.15) is 5.82 Å². The van der Waals surface area contributed by atoms with Gasteiger partial charge in [-0.2, -0.15) is 0 Å². The minimum absolute atomic E-state index is 0.523. The lowest BCUT2D eigenvalue weighted by molar-refractivity contribution is 0.226. The lowest BCUT2D eigenvalue weighted by Crippen LogP contribution is -2.32. The Morgan fingerprint density at radius 3 is 3.00 bits per heavy atom. The minimum Gasteiger partial charge on any atom is -0.333 e. The summed E-state index contributed by atoms with van der Waals surface area (Å²) in [4.78, 5) is 4.70. The number of nitrogens with zero attached hydrogens (tertiary/aromatic N) is 2. The van der Waals surface area contributed by atoms with E-state index in [0.717, 1.165) is 24.7 Å². The molecule has 3 heteroatoms. The molecule has 1 aromatic rings. The lowest BCUT2D eigenvalue weighted by atomic mass is 9.79. The van der Waals surface area contributed by atoms with Crippen molar-refractivity contribution >= 4 is 0 Å². The van der Waals surface area contributed by atoms with Crippen molar-refractivity contribution < 1.29 is 0 Å². The standard InChI is InChI=1S/C12H19N3/c1-9-8-15-7-3-6-13-11(12(15)14-9)10-4-2-5-10/h8,10-11,13H,2-7H2,1H3. The third-order valence-electron chi connectivity index (χ3n) is 3.77. The van der Waals surface area contributed by atoms with Gasteiger partial charge in [-0.1, -0.05) is 6.42 Å². The highest BCUT2D eigenvalue weighted by Crippen LogP contribution is 2.38. The van der Waals surface area contributed by atoms with Crippen molar-refractivity contribution in [2.75, 3.05) is 6.54 Å². The molecule has 15 heavy (non-hydrogen) atoms. The number of nitrogens with one attached hydrogen (secondary N) is 1. The molecule has 82 valence electrons. The molecule has 0 saturated heterocycles. The van der Waals surface area contributed by atoms with Crippen LogP contribution in [0, 0.1) is 12.8 Å². The van der Waals surface area contributed by atoms with Crippen LogP contribution in [0.15, 0.2) is 6.20 Å². The SMILES string of the molecule is Cc1cn2c(n1)C(C1CCC1)NCCC2. The first-order valence-corrected chi connectivity index (χ1v) is 6.11. The quantitative estimate of drug-likeness (QED) is 0.760. The molecule has 0 bridgehead atoms. The van der Waals surface area contributed by atoms with Crippen molar-refractivity contribution in [3.8, 4) is 0 Å². The number of hydrogen-bond acceptors (Lipinski definition) is 2. The van der Waals surface area contributed by atoms with Crippen LogP contribution < -0.4 is 5.32 Å². The van der Waals surface area contributed by atoms with Crippen LogP contribution in [0.5, 0.6) is 0 Å². The largest absolute Gasteiger partial charge is 0.333 e. The molecule has 2 heterocycles. The molecule has 1 saturated carbocycles. The van der Waals surface area contributed by atoms with Gasteiger partial charge in [0.15, 0.2) is 0 Å². The Morgan fingerprint density at radius 2 is 2.27 bits per heavy atom. The van der Waals surface area contributed by atoms with Gasteiger partial charge in [0.25, 0.3) is 0 Å². The monoisotopic (exact) mass is 205 g/mol. The average Bonchev–Trinajstić information content (AvgIpc) is 2.40. The number of imidazole rings is 1. The lowest BCUT2D eigenvalue weighted by Gasteiger charge is -2.33. The van der Waals surface area contributed by atoms with Gasteiger partial charge in [-0.15, -0.1) is 0 Å². The van der Waals surface area contributed by atoms with E-state index in [0.29, 0.717) is 6.04 Å². The third-order valence-corrected chi connectivity index (χ3v) is 3.77. The molecule has 1 aliphatic heterocycles. The van der Waals surface area contributed by atoms with E-state index in [4.69, 9.17) is 4.98 Å². The summed E-state index contributed by atoms with van der Waals surface area (Å²) < 4.78 is 2.36. The van der Waals surface area contributed by atoms with Gasteiger partial charge >= 0.3 is 0 Å². The van der Waals surface area contributed by atoms with Crippen molar-refractivity contribution in [2.45, 2.75) is 45.2 Å². The molecule has 0 radical (unpaired) electrons. The smallest absolute Gasteiger partial charge is 0.126 e. The Hall–Kier alpha value is -0.830. The highest BCUT2D eigenvalue weighted by atomic mass is 15.1. The topological polar surface area (TPSA) is 29.9 Å². The molecule has 1 aromatic heterocycles. The van der Waals surface area contributed by atoms with Crippen molar-refractivity contribution in [1.82, 2.24) is 14.9 Å². The summed E-state index contributed by atoms with van der Waals surface area (Å²) in [6.45, 7) is 4.37. The van der Waals surface area contributed by atoms with Crippen LogP contribution >= 0.6 is 0 Å². The highest BCUT2D eigenvalue weighted by Gasteiger charge is 2.32. The van der Waals surface area contributed by atoms with Gasteiger partial charge < -0.3 is 9.88 Å². The molecule has 3 nitrogen and oxygen atoms in total. The Kier molecular flexibility index (Phi) is 2.28. The third kappa shape index (κ3) is 1.59. The van der Waals surface area contributed by atoms with E-state index in [-0.39, 0.29) is 0 Å². The Morgan fingerprint density at radius 1 is 1.40 bits per heavy atom. The number of aryl methyl sites for hydroxylation is 2.